The van der Waals surface area contributed by atoms with Crippen molar-refractivity contribution in [3.8, 4) is 6.01 Å². The second kappa shape index (κ2) is 6.87. The molecule has 2 aromatic rings. The zero-order valence-electron chi connectivity index (χ0n) is 13.2. The molecular formula is C16H22N4O2. The van der Waals surface area contributed by atoms with Crippen LogP contribution in [0.2, 0.25) is 0 Å². The average Bonchev–Trinajstić information content (AvgIpc) is 2.86. The van der Waals surface area contributed by atoms with Gasteiger partial charge in [-0.05, 0) is 39.2 Å². The van der Waals surface area contributed by atoms with Crippen LogP contribution in [-0.2, 0) is 6.42 Å². The van der Waals surface area contributed by atoms with Gasteiger partial charge < -0.3 is 14.2 Å². The highest BCUT2D eigenvalue weighted by Crippen LogP contribution is 2.17. The number of nitrogens with zero attached hydrogens (tertiary/aromatic N) is 4. The van der Waals surface area contributed by atoms with Crippen LogP contribution in [0.5, 0.6) is 6.01 Å². The molecule has 118 valence electrons. The number of aryl methyl sites for hydroxylation is 2. The fourth-order valence-electron chi connectivity index (χ4n) is 2.87. The molecule has 1 aliphatic rings. The molecule has 0 radical (unpaired) electrons. The van der Waals surface area contributed by atoms with Crippen LogP contribution >= 0.6 is 0 Å². The third-order valence-electron chi connectivity index (χ3n) is 4.21. The van der Waals surface area contributed by atoms with E-state index in [4.69, 9.17) is 9.26 Å². The Hall–Kier alpha value is -1.95. The fraction of sp³-hybridized carbons (Fsp3) is 0.562. The van der Waals surface area contributed by atoms with Gasteiger partial charge in [0.15, 0.2) is 0 Å². The molecule has 0 atom stereocenters. The summed E-state index contributed by atoms with van der Waals surface area (Å²) >= 11 is 0. The Morgan fingerprint density at radius 3 is 2.59 bits per heavy atom. The van der Waals surface area contributed by atoms with Gasteiger partial charge in [-0.25, -0.2) is 9.97 Å². The summed E-state index contributed by atoms with van der Waals surface area (Å²) in [5, 5.41) is 4.01. The first kappa shape index (κ1) is 15.0. The molecule has 3 rings (SSSR count). The van der Waals surface area contributed by atoms with Crippen molar-refractivity contribution in [2.45, 2.75) is 39.2 Å². The third-order valence-corrected chi connectivity index (χ3v) is 4.21. The Balaban J connectivity index is 1.44. The van der Waals surface area contributed by atoms with E-state index in [0.29, 0.717) is 6.01 Å². The SMILES string of the molecule is Cc1noc(C)c1CCN1CCC(Oc2ncccn2)CC1. The van der Waals surface area contributed by atoms with Gasteiger partial charge in [-0.15, -0.1) is 0 Å². The van der Waals surface area contributed by atoms with Crippen LogP contribution in [-0.4, -0.2) is 45.8 Å². The van der Waals surface area contributed by atoms with Crippen LogP contribution in [0, 0.1) is 13.8 Å². The topological polar surface area (TPSA) is 64.3 Å². The van der Waals surface area contributed by atoms with Gasteiger partial charge in [0.1, 0.15) is 11.9 Å². The third kappa shape index (κ3) is 3.62. The molecule has 3 heterocycles. The lowest BCUT2D eigenvalue weighted by atomic mass is 10.1. The predicted octanol–water partition coefficient (Wildman–Crippen LogP) is 2.17. The van der Waals surface area contributed by atoms with Crippen LogP contribution in [0.1, 0.15) is 29.9 Å². The minimum Gasteiger partial charge on any atom is -0.460 e. The first-order chi connectivity index (χ1) is 10.7. The molecule has 0 bridgehead atoms. The molecule has 0 amide bonds. The normalized spacial score (nSPS) is 16.8. The highest BCUT2D eigenvalue weighted by atomic mass is 16.5. The average molecular weight is 302 g/mol. The summed E-state index contributed by atoms with van der Waals surface area (Å²) in [5.74, 6) is 0.942. The largest absolute Gasteiger partial charge is 0.460 e. The Morgan fingerprint density at radius 1 is 1.23 bits per heavy atom. The van der Waals surface area contributed by atoms with Crippen molar-refractivity contribution in [1.29, 1.82) is 0 Å². The maximum Gasteiger partial charge on any atom is 0.316 e. The van der Waals surface area contributed by atoms with Gasteiger partial charge in [0.05, 0.1) is 5.69 Å². The molecule has 6 nitrogen and oxygen atoms in total. The van der Waals surface area contributed by atoms with Gasteiger partial charge in [-0.1, -0.05) is 5.16 Å². The smallest absolute Gasteiger partial charge is 0.316 e. The molecule has 1 saturated heterocycles. The quantitative estimate of drug-likeness (QED) is 0.843. The minimum atomic E-state index is 0.220. The van der Waals surface area contributed by atoms with Crippen LogP contribution in [0.15, 0.2) is 23.0 Å². The molecule has 0 saturated carbocycles. The van der Waals surface area contributed by atoms with Crippen LogP contribution in [0.25, 0.3) is 0 Å². The Bertz CT molecular complexity index is 572. The van der Waals surface area contributed by atoms with E-state index in [2.05, 4.69) is 20.0 Å². The molecule has 1 aliphatic heterocycles. The van der Waals surface area contributed by atoms with Crippen molar-refractivity contribution in [3.05, 3.63) is 35.5 Å². The molecule has 0 aliphatic carbocycles. The molecule has 0 N–H and O–H groups in total. The minimum absolute atomic E-state index is 0.220. The zero-order valence-corrected chi connectivity index (χ0v) is 13.2. The molecule has 2 aromatic heterocycles. The van der Waals surface area contributed by atoms with Crippen LogP contribution in [0.3, 0.4) is 0 Å². The van der Waals surface area contributed by atoms with E-state index in [1.165, 1.54) is 5.56 Å². The number of piperidine rings is 1. The summed E-state index contributed by atoms with van der Waals surface area (Å²) in [6.45, 7) is 7.11. The van der Waals surface area contributed by atoms with E-state index in [1.54, 1.807) is 18.5 Å². The van der Waals surface area contributed by atoms with Crippen molar-refractivity contribution >= 4 is 0 Å². The first-order valence-corrected chi connectivity index (χ1v) is 7.80. The zero-order chi connectivity index (χ0) is 15.4. The van der Waals surface area contributed by atoms with Gasteiger partial charge in [-0.2, -0.15) is 0 Å². The first-order valence-electron chi connectivity index (χ1n) is 7.80. The van der Waals surface area contributed by atoms with Gasteiger partial charge in [0.25, 0.3) is 0 Å². The molecule has 6 heteroatoms. The van der Waals surface area contributed by atoms with E-state index in [1.807, 2.05) is 13.8 Å². The summed E-state index contributed by atoms with van der Waals surface area (Å²) < 4.78 is 11.0. The Morgan fingerprint density at radius 2 is 1.95 bits per heavy atom. The number of likely N-dealkylation sites (tertiary alicyclic amines) is 1. The molecule has 1 fully saturated rings. The lowest BCUT2D eigenvalue weighted by molar-refractivity contribution is 0.0933. The highest BCUT2D eigenvalue weighted by Gasteiger charge is 2.21. The second-order valence-corrected chi connectivity index (χ2v) is 5.74. The van der Waals surface area contributed by atoms with Gasteiger partial charge in [0, 0.05) is 37.6 Å². The highest BCUT2D eigenvalue weighted by molar-refractivity contribution is 5.21. The number of rotatable bonds is 5. The summed E-state index contributed by atoms with van der Waals surface area (Å²) in [4.78, 5) is 10.7. The molecule has 0 aromatic carbocycles. The van der Waals surface area contributed by atoms with Crippen molar-refractivity contribution in [1.82, 2.24) is 20.0 Å². The predicted molar refractivity (Wildman–Crippen MR) is 81.8 cm³/mol. The van der Waals surface area contributed by atoms with Gasteiger partial charge in [-0.3, -0.25) is 0 Å². The van der Waals surface area contributed by atoms with E-state index < -0.39 is 0 Å². The monoisotopic (exact) mass is 302 g/mol. The summed E-state index contributed by atoms with van der Waals surface area (Å²) in [6.07, 6.45) is 6.66. The Kier molecular flexibility index (Phi) is 4.68. The maximum absolute atomic E-state index is 5.82. The second-order valence-electron chi connectivity index (χ2n) is 5.74. The van der Waals surface area contributed by atoms with Gasteiger partial charge >= 0.3 is 6.01 Å². The number of hydrogen-bond acceptors (Lipinski definition) is 6. The standard InChI is InChI=1S/C16H22N4O2/c1-12-15(13(2)22-19-12)6-11-20-9-4-14(5-10-20)21-16-17-7-3-8-18-16/h3,7-8,14H,4-6,9-11H2,1-2H3. The summed E-state index contributed by atoms with van der Waals surface area (Å²) in [6, 6.07) is 2.28. The van der Waals surface area contributed by atoms with Crippen molar-refractivity contribution in [3.63, 3.8) is 0 Å². The summed E-state index contributed by atoms with van der Waals surface area (Å²) in [7, 11) is 0. The van der Waals surface area contributed by atoms with Crippen molar-refractivity contribution < 1.29 is 9.26 Å². The summed E-state index contributed by atoms with van der Waals surface area (Å²) in [5.41, 5.74) is 2.26. The number of hydrogen-bond donors (Lipinski definition) is 0. The molecule has 0 unspecified atom stereocenters. The van der Waals surface area contributed by atoms with E-state index in [0.717, 1.165) is 50.4 Å². The Labute approximate surface area is 130 Å². The lowest BCUT2D eigenvalue weighted by Gasteiger charge is -2.31. The van der Waals surface area contributed by atoms with Crippen LogP contribution < -0.4 is 4.74 Å². The van der Waals surface area contributed by atoms with E-state index in [9.17, 15) is 0 Å². The van der Waals surface area contributed by atoms with Crippen LogP contribution in [0.4, 0.5) is 0 Å². The van der Waals surface area contributed by atoms with Crippen molar-refractivity contribution in [2.24, 2.45) is 0 Å². The molecular weight excluding hydrogens is 280 g/mol. The number of aromatic nitrogens is 3. The van der Waals surface area contributed by atoms with Crippen molar-refractivity contribution in [2.75, 3.05) is 19.6 Å². The fourth-order valence-corrected chi connectivity index (χ4v) is 2.87. The lowest BCUT2D eigenvalue weighted by Crippen LogP contribution is -2.39. The van der Waals surface area contributed by atoms with Gasteiger partial charge in [0.2, 0.25) is 0 Å². The molecule has 22 heavy (non-hydrogen) atoms. The maximum atomic E-state index is 5.82. The molecule has 0 spiro atoms. The number of ether oxygens (including phenoxy) is 1. The van der Waals surface area contributed by atoms with E-state index >= 15 is 0 Å². The van der Waals surface area contributed by atoms with E-state index in [-0.39, 0.29) is 6.10 Å².